The summed E-state index contributed by atoms with van der Waals surface area (Å²) in [6.45, 7) is 0.349. The second kappa shape index (κ2) is 5.28. The molecule has 1 N–H and O–H groups in total. The number of nitrogens with zero attached hydrogens (tertiary/aromatic N) is 3. The molecule has 110 valence electrons. The molecule has 7 nitrogen and oxygen atoms in total. The number of hydrogen-bond acceptors (Lipinski definition) is 5. The summed E-state index contributed by atoms with van der Waals surface area (Å²) in [6, 6.07) is -0.867. The molecule has 2 aromatic rings. The highest BCUT2D eigenvalue weighted by Crippen LogP contribution is 2.19. The van der Waals surface area contributed by atoms with Gasteiger partial charge in [0.05, 0.1) is 0 Å². The van der Waals surface area contributed by atoms with Crippen LogP contribution < -0.4 is 5.56 Å². The molecule has 21 heavy (non-hydrogen) atoms. The van der Waals surface area contributed by atoms with Gasteiger partial charge in [0, 0.05) is 24.3 Å². The topological polar surface area (TPSA) is 92.0 Å². The van der Waals surface area contributed by atoms with Crippen molar-refractivity contribution in [1.82, 2.24) is 14.3 Å². The molecule has 3 heterocycles. The highest BCUT2D eigenvalue weighted by Gasteiger charge is 2.33. The molecule has 0 spiro atoms. The van der Waals surface area contributed by atoms with E-state index in [0.717, 1.165) is 12.8 Å². The molecule has 2 aromatic heterocycles. The Morgan fingerprint density at radius 2 is 2.19 bits per heavy atom. The highest BCUT2D eigenvalue weighted by atomic mass is 32.1. The summed E-state index contributed by atoms with van der Waals surface area (Å²) in [5, 5.41) is 10.9. The Labute approximate surface area is 123 Å². The van der Waals surface area contributed by atoms with E-state index in [9.17, 15) is 19.5 Å². The minimum absolute atomic E-state index is 0.0842. The van der Waals surface area contributed by atoms with E-state index >= 15 is 0 Å². The number of carboxylic acids is 1. The van der Waals surface area contributed by atoms with Crippen molar-refractivity contribution in [3.63, 3.8) is 0 Å². The minimum Gasteiger partial charge on any atom is -0.480 e. The number of hydrogen-bond donors (Lipinski definition) is 1. The van der Waals surface area contributed by atoms with Crippen LogP contribution in [-0.2, 0) is 4.79 Å². The number of fused-ring (bicyclic) bond motifs is 1. The van der Waals surface area contributed by atoms with Crippen molar-refractivity contribution in [2.24, 2.45) is 0 Å². The predicted octanol–water partition coefficient (Wildman–Crippen LogP) is 0.835. The predicted molar refractivity (Wildman–Crippen MR) is 75.7 cm³/mol. The molecule has 0 saturated carbocycles. The van der Waals surface area contributed by atoms with Crippen molar-refractivity contribution in [1.29, 1.82) is 0 Å². The molecule has 0 radical (unpaired) electrons. The Morgan fingerprint density at radius 1 is 1.38 bits per heavy atom. The molecular formula is C13H13N3O4S. The van der Waals surface area contributed by atoms with E-state index in [1.165, 1.54) is 26.8 Å². The van der Waals surface area contributed by atoms with Gasteiger partial charge in [0.25, 0.3) is 11.5 Å². The molecule has 0 aromatic carbocycles. The van der Waals surface area contributed by atoms with Crippen LogP contribution >= 0.6 is 11.3 Å². The standard InChI is InChI=1S/C13H13N3O4S/c17-10(15-4-2-1-3-9(15)12(19)20)8-7-14-13-16(11(8)18)5-6-21-13/h5-7,9H,1-4H2,(H,19,20)/t9-/m0/s1. The molecule has 1 fully saturated rings. The summed E-state index contributed by atoms with van der Waals surface area (Å²) in [7, 11) is 0. The zero-order valence-electron chi connectivity index (χ0n) is 11.1. The number of carbonyl (C=O) groups excluding carboxylic acids is 1. The number of carboxylic acid groups (broad SMARTS) is 1. The van der Waals surface area contributed by atoms with E-state index in [1.807, 2.05) is 0 Å². The number of likely N-dealkylation sites (tertiary alicyclic amines) is 1. The van der Waals surface area contributed by atoms with Crippen LogP contribution in [0, 0.1) is 0 Å². The molecule has 0 unspecified atom stereocenters. The lowest BCUT2D eigenvalue weighted by Crippen LogP contribution is -2.49. The van der Waals surface area contributed by atoms with Gasteiger partial charge in [-0.3, -0.25) is 14.0 Å². The maximum atomic E-state index is 12.5. The van der Waals surface area contributed by atoms with Gasteiger partial charge in [0.1, 0.15) is 11.6 Å². The summed E-state index contributed by atoms with van der Waals surface area (Å²) >= 11 is 1.30. The number of thiazole rings is 1. The molecule has 1 aliphatic heterocycles. The average Bonchev–Trinajstić information content (AvgIpc) is 2.96. The first-order chi connectivity index (χ1) is 10.1. The van der Waals surface area contributed by atoms with Crippen molar-refractivity contribution in [3.05, 3.63) is 33.7 Å². The third kappa shape index (κ3) is 2.31. The smallest absolute Gasteiger partial charge is 0.326 e. The normalized spacial score (nSPS) is 18.9. The summed E-state index contributed by atoms with van der Waals surface area (Å²) in [6.07, 6.45) is 4.71. The quantitative estimate of drug-likeness (QED) is 0.887. The summed E-state index contributed by atoms with van der Waals surface area (Å²) in [5.74, 6) is -1.59. The van der Waals surface area contributed by atoms with Gasteiger partial charge in [-0.25, -0.2) is 9.78 Å². The number of carbonyl (C=O) groups is 2. The Bertz CT molecular complexity index is 766. The zero-order chi connectivity index (χ0) is 15.0. The van der Waals surface area contributed by atoms with E-state index in [-0.39, 0.29) is 5.56 Å². The largest absolute Gasteiger partial charge is 0.480 e. The van der Waals surface area contributed by atoms with Gasteiger partial charge in [-0.15, -0.1) is 11.3 Å². The maximum Gasteiger partial charge on any atom is 0.326 e. The van der Waals surface area contributed by atoms with Gasteiger partial charge < -0.3 is 10.0 Å². The Kier molecular flexibility index (Phi) is 3.46. The molecule has 1 atom stereocenters. The SMILES string of the molecule is O=C(O)[C@@H]1CCCCN1C(=O)c1cnc2sccn2c1=O. The van der Waals surface area contributed by atoms with Crippen LogP contribution in [0.1, 0.15) is 29.6 Å². The fraction of sp³-hybridized carbons (Fsp3) is 0.385. The lowest BCUT2D eigenvalue weighted by Gasteiger charge is -2.32. The van der Waals surface area contributed by atoms with Crippen LogP contribution in [0.3, 0.4) is 0 Å². The third-order valence-electron chi connectivity index (χ3n) is 3.62. The first-order valence-electron chi connectivity index (χ1n) is 6.58. The van der Waals surface area contributed by atoms with Crippen LogP contribution in [0.2, 0.25) is 0 Å². The summed E-state index contributed by atoms with van der Waals surface area (Å²) < 4.78 is 1.30. The lowest BCUT2D eigenvalue weighted by molar-refractivity contribution is -0.143. The van der Waals surface area contributed by atoms with E-state index in [1.54, 1.807) is 11.6 Å². The first kappa shape index (κ1) is 13.7. The fourth-order valence-corrected chi connectivity index (χ4v) is 3.23. The van der Waals surface area contributed by atoms with Crippen LogP contribution in [0.5, 0.6) is 0 Å². The van der Waals surface area contributed by atoms with Gasteiger partial charge in [-0.2, -0.15) is 0 Å². The van der Waals surface area contributed by atoms with E-state index < -0.39 is 23.5 Å². The van der Waals surface area contributed by atoms with E-state index in [4.69, 9.17) is 0 Å². The van der Waals surface area contributed by atoms with Gasteiger partial charge in [0.15, 0.2) is 4.96 Å². The summed E-state index contributed by atoms with van der Waals surface area (Å²) in [4.78, 5) is 41.9. The fourth-order valence-electron chi connectivity index (χ4n) is 2.56. The Balaban J connectivity index is 2.01. The lowest BCUT2D eigenvalue weighted by atomic mass is 10.0. The van der Waals surface area contributed by atoms with Crippen molar-refractivity contribution >= 4 is 28.2 Å². The molecule has 0 bridgehead atoms. The number of rotatable bonds is 2. The van der Waals surface area contributed by atoms with E-state index in [0.29, 0.717) is 17.9 Å². The maximum absolute atomic E-state index is 12.5. The number of aromatic nitrogens is 2. The monoisotopic (exact) mass is 307 g/mol. The summed E-state index contributed by atoms with van der Waals surface area (Å²) in [5.41, 5.74) is -0.542. The van der Waals surface area contributed by atoms with Crippen LogP contribution in [0.4, 0.5) is 0 Å². The second-order valence-electron chi connectivity index (χ2n) is 4.88. The van der Waals surface area contributed by atoms with Crippen LogP contribution in [-0.4, -0.2) is 43.9 Å². The van der Waals surface area contributed by atoms with Gasteiger partial charge in [-0.05, 0) is 19.3 Å². The molecular weight excluding hydrogens is 294 g/mol. The number of piperidine rings is 1. The second-order valence-corrected chi connectivity index (χ2v) is 5.75. The molecule has 1 aliphatic rings. The van der Waals surface area contributed by atoms with Crippen molar-refractivity contribution in [2.75, 3.05) is 6.54 Å². The molecule has 0 aliphatic carbocycles. The van der Waals surface area contributed by atoms with E-state index in [2.05, 4.69) is 4.98 Å². The van der Waals surface area contributed by atoms with Gasteiger partial charge in [-0.1, -0.05) is 0 Å². The minimum atomic E-state index is -1.03. The molecule has 1 amide bonds. The van der Waals surface area contributed by atoms with Crippen LogP contribution in [0.25, 0.3) is 4.96 Å². The van der Waals surface area contributed by atoms with Gasteiger partial charge >= 0.3 is 5.97 Å². The number of aliphatic carboxylic acids is 1. The highest BCUT2D eigenvalue weighted by molar-refractivity contribution is 7.15. The molecule has 1 saturated heterocycles. The van der Waals surface area contributed by atoms with Crippen molar-refractivity contribution in [3.8, 4) is 0 Å². The third-order valence-corrected chi connectivity index (χ3v) is 4.39. The zero-order valence-corrected chi connectivity index (χ0v) is 11.9. The average molecular weight is 307 g/mol. The van der Waals surface area contributed by atoms with Crippen molar-refractivity contribution in [2.45, 2.75) is 25.3 Å². The number of amides is 1. The first-order valence-corrected chi connectivity index (χ1v) is 7.46. The van der Waals surface area contributed by atoms with Crippen molar-refractivity contribution < 1.29 is 14.7 Å². The molecule has 3 rings (SSSR count). The Morgan fingerprint density at radius 3 is 2.95 bits per heavy atom. The molecule has 8 heteroatoms. The Hall–Kier alpha value is -2.22. The van der Waals surface area contributed by atoms with Crippen LogP contribution in [0.15, 0.2) is 22.6 Å². The van der Waals surface area contributed by atoms with Gasteiger partial charge in [0.2, 0.25) is 0 Å².